The summed E-state index contributed by atoms with van der Waals surface area (Å²) >= 11 is 0. The summed E-state index contributed by atoms with van der Waals surface area (Å²) in [4.78, 5) is 0. The quantitative estimate of drug-likeness (QED) is 0.887. The number of rotatable bonds is 5. The van der Waals surface area contributed by atoms with E-state index in [9.17, 15) is 5.11 Å². The smallest absolute Gasteiger partial charge is 0.119 e. The molecule has 0 saturated heterocycles. The Bertz CT molecular complexity index is 611. The van der Waals surface area contributed by atoms with Crippen LogP contribution in [0.4, 0.5) is 0 Å². The van der Waals surface area contributed by atoms with Gasteiger partial charge in [0.2, 0.25) is 0 Å². The lowest BCUT2D eigenvalue weighted by Gasteiger charge is -2.15. The van der Waals surface area contributed by atoms with E-state index in [1.54, 1.807) is 7.11 Å². The van der Waals surface area contributed by atoms with Crippen molar-refractivity contribution in [2.45, 2.75) is 31.9 Å². The summed E-state index contributed by atoms with van der Waals surface area (Å²) in [6.45, 7) is 1.76. The Hall–Kier alpha value is -1.58. The Labute approximate surface area is 125 Å². The zero-order valence-electron chi connectivity index (χ0n) is 12.5. The summed E-state index contributed by atoms with van der Waals surface area (Å²) in [5.41, 5.74) is 1.28. The molecule has 3 rings (SSSR count). The molecule has 21 heavy (non-hydrogen) atoms. The fraction of sp³-hybridized carbons (Fsp3) is 0.444. The maximum atomic E-state index is 9.82. The molecule has 1 fully saturated rings. The molecule has 2 aromatic rings. The van der Waals surface area contributed by atoms with Gasteiger partial charge in [0.05, 0.1) is 13.2 Å². The van der Waals surface area contributed by atoms with Crippen molar-refractivity contribution in [2.24, 2.45) is 5.92 Å². The summed E-state index contributed by atoms with van der Waals surface area (Å²) < 4.78 is 5.25. The minimum Gasteiger partial charge on any atom is -0.497 e. The van der Waals surface area contributed by atoms with Crippen LogP contribution in [0.1, 0.15) is 24.8 Å². The molecule has 0 aromatic heterocycles. The molecular weight excluding hydrogens is 262 g/mol. The van der Waals surface area contributed by atoms with E-state index in [1.807, 2.05) is 6.07 Å². The Morgan fingerprint density at radius 3 is 2.71 bits per heavy atom. The average molecular weight is 285 g/mol. The fourth-order valence-electron chi connectivity index (χ4n) is 3.17. The summed E-state index contributed by atoms with van der Waals surface area (Å²) in [5, 5.41) is 15.7. The molecule has 0 bridgehead atoms. The number of hydrogen-bond acceptors (Lipinski definition) is 3. The number of fused-ring (bicyclic) bond motifs is 1. The second-order valence-corrected chi connectivity index (χ2v) is 5.94. The van der Waals surface area contributed by atoms with Crippen LogP contribution in [0.15, 0.2) is 36.4 Å². The number of ether oxygens (including phenoxy) is 1. The van der Waals surface area contributed by atoms with Crippen LogP contribution < -0.4 is 10.1 Å². The van der Waals surface area contributed by atoms with E-state index in [1.165, 1.54) is 16.3 Å². The Kier molecular flexibility index (Phi) is 4.42. The van der Waals surface area contributed by atoms with E-state index >= 15 is 0 Å². The highest BCUT2D eigenvalue weighted by Gasteiger charge is 2.24. The van der Waals surface area contributed by atoms with Crippen LogP contribution in [-0.4, -0.2) is 24.9 Å². The first kappa shape index (κ1) is 14.4. The molecular formula is C18H23NO2. The van der Waals surface area contributed by atoms with E-state index in [4.69, 9.17) is 4.74 Å². The molecule has 2 aromatic carbocycles. The maximum absolute atomic E-state index is 9.82. The molecule has 2 N–H and O–H groups in total. The van der Waals surface area contributed by atoms with Crippen LogP contribution in [0, 0.1) is 5.92 Å². The predicted molar refractivity (Wildman–Crippen MR) is 85.6 cm³/mol. The monoisotopic (exact) mass is 285 g/mol. The summed E-state index contributed by atoms with van der Waals surface area (Å²) in [6.07, 6.45) is 3.16. The lowest BCUT2D eigenvalue weighted by Crippen LogP contribution is -2.27. The number of nitrogens with one attached hydrogen (secondary N) is 1. The minimum absolute atomic E-state index is 0.110. The molecule has 0 aliphatic heterocycles. The lowest BCUT2D eigenvalue weighted by atomic mass is 10.0. The van der Waals surface area contributed by atoms with Crippen molar-refractivity contribution >= 4 is 10.8 Å². The topological polar surface area (TPSA) is 41.5 Å². The van der Waals surface area contributed by atoms with E-state index in [0.29, 0.717) is 5.92 Å². The van der Waals surface area contributed by atoms with E-state index in [-0.39, 0.29) is 6.10 Å². The third kappa shape index (κ3) is 3.36. The van der Waals surface area contributed by atoms with Gasteiger partial charge >= 0.3 is 0 Å². The first-order valence-electron chi connectivity index (χ1n) is 7.72. The van der Waals surface area contributed by atoms with Gasteiger partial charge in [-0.3, -0.25) is 0 Å². The van der Waals surface area contributed by atoms with Gasteiger partial charge in [0.15, 0.2) is 0 Å². The van der Waals surface area contributed by atoms with Crippen molar-refractivity contribution in [2.75, 3.05) is 13.7 Å². The Morgan fingerprint density at radius 2 is 1.95 bits per heavy atom. The van der Waals surface area contributed by atoms with Gasteiger partial charge in [-0.25, -0.2) is 0 Å². The molecule has 3 heteroatoms. The highest BCUT2D eigenvalue weighted by molar-refractivity contribution is 5.84. The largest absolute Gasteiger partial charge is 0.497 e. The third-order valence-corrected chi connectivity index (χ3v) is 4.47. The van der Waals surface area contributed by atoms with Crippen molar-refractivity contribution in [3.05, 3.63) is 42.0 Å². The molecule has 1 aliphatic carbocycles. The highest BCUT2D eigenvalue weighted by Crippen LogP contribution is 2.25. The second-order valence-electron chi connectivity index (χ2n) is 5.94. The van der Waals surface area contributed by atoms with Gasteiger partial charge in [-0.1, -0.05) is 24.6 Å². The molecule has 1 saturated carbocycles. The van der Waals surface area contributed by atoms with Gasteiger partial charge in [-0.15, -0.1) is 0 Å². The van der Waals surface area contributed by atoms with Gasteiger partial charge in [-0.05, 0) is 53.3 Å². The summed E-state index contributed by atoms with van der Waals surface area (Å²) in [6, 6.07) is 12.7. The van der Waals surface area contributed by atoms with Gasteiger partial charge in [0.25, 0.3) is 0 Å². The standard InChI is InChI=1S/C18H23NO2/c1-21-17-8-7-14-9-13(5-6-15(14)10-17)11-19-12-16-3-2-4-18(16)20/h5-10,16,18-20H,2-4,11-12H2,1H3. The molecule has 0 radical (unpaired) electrons. The van der Waals surface area contributed by atoms with Crippen molar-refractivity contribution in [3.63, 3.8) is 0 Å². The zero-order valence-corrected chi connectivity index (χ0v) is 12.5. The van der Waals surface area contributed by atoms with Gasteiger partial charge < -0.3 is 15.2 Å². The Morgan fingerprint density at radius 1 is 1.14 bits per heavy atom. The minimum atomic E-state index is -0.110. The summed E-state index contributed by atoms with van der Waals surface area (Å²) in [5.74, 6) is 1.32. The maximum Gasteiger partial charge on any atom is 0.119 e. The SMILES string of the molecule is COc1ccc2cc(CNCC3CCCC3O)ccc2c1. The number of aliphatic hydroxyl groups excluding tert-OH is 1. The number of hydrogen-bond donors (Lipinski definition) is 2. The summed E-state index contributed by atoms with van der Waals surface area (Å²) in [7, 11) is 1.69. The van der Waals surface area contributed by atoms with Gasteiger partial charge in [0.1, 0.15) is 5.75 Å². The normalized spacial score (nSPS) is 21.8. The third-order valence-electron chi connectivity index (χ3n) is 4.47. The molecule has 0 amide bonds. The average Bonchev–Trinajstić information content (AvgIpc) is 2.92. The molecule has 1 aliphatic rings. The van der Waals surface area contributed by atoms with Crippen LogP contribution in [0.5, 0.6) is 5.75 Å². The van der Waals surface area contributed by atoms with Crippen molar-refractivity contribution in [1.82, 2.24) is 5.32 Å². The molecule has 0 spiro atoms. The lowest BCUT2D eigenvalue weighted by molar-refractivity contribution is 0.131. The second kappa shape index (κ2) is 6.46. The van der Waals surface area contributed by atoms with E-state index in [2.05, 4.69) is 35.6 Å². The van der Waals surface area contributed by atoms with Crippen LogP contribution in [0.2, 0.25) is 0 Å². The fourth-order valence-corrected chi connectivity index (χ4v) is 3.17. The van der Waals surface area contributed by atoms with Crippen LogP contribution in [0.25, 0.3) is 10.8 Å². The van der Waals surface area contributed by atoms with Gasteiger partial charge in [-0.2, -0.15) is 0 Å². The first-order valence-corrected chi connectivity index (χ1v) is 7.72. The van der Waals surface area contributed by atoms with E-state index < -0.39 is 0 Å². The molecule has 3 nitrogen and oxygen atoms in total. The molecule has 2 unspecified atom stereocenters. The zero-order chi connectivity index (χ0) is 14.7. The Balaban J connectivity index is 1.62. The van der Waals surface area contributed by atoms with E-state index in [0.717, 1.165) is 38.1 Å². The molecule has 112 valence electrons. The van der Waals surface area contributed by atoms with Crippen molar-refractivity contribution in [1.29, 1.82) is 0 Å². The van der Waals surface area contributed by atoms with Crippen LogP contribution >= 0.6 is 0 Å². The first-order chi connectivity index (χ1) is 10.3. The number of aliphatic hydroxyl groups is 1. The van der Waals surface area contributed by atoms with Gasteiger partial charge in [0, 0.05) is 13.1 Å². The predicted octanol–water partition coefficient (Wildman–Crippen LogP) is 3.10. The molecule has 0 heterocycles. The highest BCUT2D eigenvalue weighted by atomic mass is 16.5. The van der Waals surface area contributed by atoms with Crippen LogP contribution in [0.3, 0.4) is 0 Å². The van der Waals surface area contributed by atoms with Crippen molar-refractivity contribution in [3.8, 4) is 5.75 Å². The number of benzene rings is 2. The number of methoxy groups -OCH3 is 1. The molecule has 2 atom stereocenters. The van der Waals surface area contributed by atoms with Crippen LogP contribution in [-0.2, 0) is 6.54 Å². The van der Waals surface area contributed by atoms with Crippen molar-refractivity contribution < 1.29 is 9.84 Å².